The van der Waals surface area contributed by atoms with Crippen LogP contribution in [0.15, 0.2) is 42.7 Å². The number of piperidine rings is 1. The van der Waals surface area contributed by atoms with E-state index in [-0.39, 0.29) is 5.75 Å². The molecule has 4 heterocycles. The summed E-state index contributed by atoms with van der Waals surface area (Å²) in [6, 6.07) is 10.0. The fraction of sp³-hybridized carbons (Fsp3) is 0.364. The van der Waals surface area contributed by atoms with Crippen molar-refractivity contribution in [2.24, 2.45) is 0 Å². The number of nitrogens with zero attached hydrogens (tertiary/aromatic N) is 6. The third-order valence-electron chi connectivity index (χ3n) is 6.54. The van der Waals surface area contributed by atoms with Crippen molar-refractivity contribution in [3.63, 3.8) is 0 Å². The number of fused-ring (bicyclic) bond motifs is 1. The summed E-state index contributed by atoms with van der Waals surface area (Å²) in [6.45, 7) is 3.20. The van der Waals surface area contributed by atoms with Crippen LogP contribution in [0.1, 0.15) is 37.4 Å². The van der Waals surface area contributed by atoms with E-state index in [1.54, 1.807) is 23.1 Å². The molecule has 152 valence electrons. The lowest BCUT2D eigenvalue weighted by molar-refractivity contribution is 0.288. The van der Waals surface area contributed by atoms with Gasteiger partial charge in [-0.2, -0.15) is 0 Å². The Hall–Kier alpha value is -3.26. The fourth-order valence-corrected chi connectivity index (χ4v) is 4.85. The normalized spacial score (nSPS) is 20.1. The summed E-state index contributed by atoms with van der Waals surface area (Å²) in [5, 5.41) is 32.2. The van der Waals surface area contributed by atoms with Gasteiger partial charge in [0.1, 0.15) is 5.75 Å². The molecular weight excluding hydrogens is 378 g/mol. The third kappa shape index (κ3) is 2.79. The quantitative estimate of drug-likeness (QED) is 0.548. The van der Waals surface area contributed by atoms with Crippen molar-refractivity contribution in [2.75, 3.05) is 6.54 Å². The first-order valence-electron chi connectivity index (χ1n) is 10.4. The highest BCUT2D eigenvalue weighted by Gasteiger charge is 2.46. The molecule has 8 nitrogen and oxygen atoms in total. The second-order valence-electron chi connectivity index (χ2n) is 8.57. The van der Waals surface area contributed by atoms with Gasteiger partial charge < -0.3 is 15.0 Å². The van der Waals surface area contributed by atoms with E-state index in [2.05, 4.69) is 43.4 Å². The van der Waals surface area contributed by atoms with Crippen LogP contribution in [-0.4, -0.2) is 46.9 Å². The van der Waals surface area contributed by atoms with E-state index in [1.165, 1.54) is 18.5 Å². The van der Waals surface area contributed by atoms with Gasteiger partial charge in [0, 0.05) is 34.3 Å². The maximum Gasteiger partial charge on any atom is 0.163 e. The lowest BCUT2D eigenvalue weighted by Gasteiger charge is -2.32. The van der Waals surface area contributed by atoms with Crippen LogP contribution in [0, 0.1) is 6.92 Å². The minimum absolute atomic E-state index is 0.141. The maximum absolute atomic E-state index is 10.6. The summed E-state index contributed by atoms with van der Waals surface area (Å²) < 4.78 is 3.97. The van der Waals surface area contributed by atoms with E-state index < -0.39 is 0 Å². The monoisotopic (exact) mass is 401 g/mol. The molecule has 0 unspecified atom stereocenters. The van der Waals surface area contributed by atoms with Gasteiger partial charge in [-0.05, 0) is 63.4 Å². The molecule has 1 aliphatic heterocycles. The van der Waals surface area contributed by atoms with Crippen LogP contribution in [0.4, 0.5) is 0 Å². The molecule has 30 heavy (non-hydrogen) atoms. The summed E-state index contributed by atoms with van der Waals surface area (Å²) >= 11 is 0. The Kier molecular flexibility index (Phi) is 3.73. The van der Waals surface area contributed by atoms with Crippen molar-refractivity contribution < 1.29 is 5.11 Å². The molecule has 3 aromatic heterocycles. The van der Waals surface area contributed by atoms with E-state index in [9.17, 15) is 5.11 Å². The van der Waals surface area contributed by atoms with Gasteiger partial charge in [-0.1, -0.05) is 5.21 Å². The van der Waals surface area contributed by atoms with Gasteiger partial charge >= 0.3 is 0 Å². The van der Waals surface area contributed by atoms with E-state index in [0.29, 0.717) is 22.8 Å². The Morgan fingerprint density at radius 2 is 2.07 bits per heavy atom. The van der Waals surface area contributed by atoms with Crippen molar-refractivity contribution in [2.45, 2.75) is 44.2 Å². The molecule has 2 aliphatic rings. The Morgan fingerprint density at radius 1 is 1.17 bits per heavy atom. The number of phenolic OH excluding ortho intramolecular Hbond substituents is 1. The summed E-state index contributed by atoms with van der Waals surface area (Å²) in [4.78, 5) is 0. The molecule has 8 heteroatoms. The molecule has 0 amide bonds. The van der Waals surface area contributed by atoms with Crippen molar-refractivity contribution in [3.05, 3.63) is 48.4 Å². The smallest absolute Gasteiger partial charge is 0.163 e. The largest absolute Gasteiger partial charge is 0.507 e. The average molecular weight is 401 g/mol. The summed E-state index contributed by atoms with van der Waals surface area (Å²) in [5.74, 6) is 0.141. The highest BCUT2D eigenvalue weighted by atomic mass is 16.3. The van der Waals surface area contributed by atoms with Crippen LogP contribution in [0.5, 0.6) is 5.75 Å². The van der Waals surface area contributed by atoms with Crippen LogP contribution in [0.25, 0.3) is 28.0 Å². The van der Waals surface area contributed by atoms with Crippen molar-refractivity contribution >= 4 is 11.0 Å². The van der Waals surface area contributed by atoms with Gasteiger partial charge in [0.25, 0.3) is 0 Å². The summed E-state index contributed by atoms with van der Waals surface area (Å²) in [7, 11) is 0. The zero-order chi connectivity index (χ0) is 20.3. The number of hydrogen-bond acceptors (Lipinski definition) is 6. The van der Waals surface area contributed by atoms with Gasteiger partial charge in [0.15, 0.2) is 5.65 Å². The van der Waals surface area contributed by atoms with E-state index in [4.69, 9.17) is 0 Å². The first kappa shape index (κ1) is 17.6. The van der Waals surface area contributed by atoms with Crippen LogP contribution >= 0.6 is 0 Å². The van der Waals surface area contributed by atoms with Crippen molar-refractivity contribution in [1.29, 1.82) is 0 Å². The van der Waals surface area contributed by atoms with E-state index in [0.717, 1.165) is 36.1 Å². The molecule has 2 N–H and O–H groups in total. The van der Waals surface area contributed by atoms with Gasteiger partial charge in [-0.15, -0.1) is 15.3 Å². The molecule has 0 bridgehead atoms. The Balaban J connectivity index is 1.37. The van der Waals surface area contributed by atoms with E-state index >= 15 is 0 Å². The average Bonchev–Trinajstić information content (AvgIpc) is 3.16. The lowest BCUT2D eigenvalue weighted by atomic mass is 9.97. The van der Waals surface area contributed by atoms with Gasteiger partial charge in [-0.25, -0.2) is 4.68 Å². The van der Waals surface area contributed by atoms with Gasteiger partial charge in [-0.3, -0.25) is 0 Å². The van der Waals surface area contributed by atoms with Crippen molar-refractivity contribution in [3.8, 4) is 22.7 Å². The van der Waals surface area contributed by atoms with E-state index in [1.807, 2.05) is 18.2 Å². The first-order chi connectivity index (χ1) is 14.6. The highest BCUT2D eigenvalue weighted by Crippen LogP contribution is 2.46. The summed E-state index contributed by atoms with van der Waals surface area (Å²) in [6.07, 6.45) is 8.16. The van der Waals surface area contributed by atoms with Gasteiger partial charge in [0.2, 0.25) is 0 Å². The number of aromatic nitrogens is 6. The lowest BCUT2D eigenvalue weighted by Crippen LogP contribution is -2.40. The Morgan fingerprint density at radius 3 is 2.83 bits per heavy atom. The van der Waals surface area contributed by atoms with Crippen LogP contribution in [0.2, 0.25) is 0 Å². The second-order valence-corrected chi connectivity index (χ2v) is 8.57. The fourth-order valence-electron chi connectivity index (χ4n) is 4.85. The maximum atomic E-state index is 10.6. The standard InChI is InChI=1S/C22H23N7O/c1-14-10-15-11-19(18-3-2-16(12-20(18)30)28-9-8-24-27-28)25-26-21(15)29(14)17-4-7-23-22(13-17)5-6-22/h2-3,8-12,17,23,30H,4-7,13H2,1H3/t17-/m0/s1. The number of aryl methyl sites for hydroxylation is 1. The molecule has 4 aromatic rings. The molecule has 0 radical (unpaired) electrons. The molecule has 1 aromatic carbocycles. The van der Waals surface area contributed by atoms with Gasteiger partial charge in [0.05, 0.1) is 23.8 Å². The number of hydrogen-bond donors (Lipinski definition) is 2. The number of rotatable bonds is 3. The van der Waals surface area contributed by atoms with Crippen LogP contribution in [0.3, 0.4) is 0 Å². The van der Waals surface area contributed by atoms with Crippen molar-refractivity contribution in [1.82, 2.24) is 35.1 Å². The minimum atomic E-state index is 0.141. The SMILES string of the molecule is Cc1cc2cc(-c3ccc(-n4ccnn4)cc3O)nnc2n1[C@H]1CCNC2(CC2)C1. The van der Waals surface area contributed by atoms with Crippen LogP contribution in [-0.2, 0) is 0 Å². The highest BCUT2D eigenvalue weighted by molar-refractivity contribution is 5.82. The molecule has 1 saturated heterocycles. The summed E-state index contributed by atoms with van der Waals surface area (Å²) in [5.41, 5.74) is 4.55. The topological polar surface area (TPSA) is 93.7 Å². The minimum Gasteiger partial charge on any atom is -0.507 e. The molecule has 1 atom stereocenters. The Bertz CT molecular complexity index is 1240. The molecule has 1 saturated carbocycles. The predicted molar refractivity (Wildman–Crippen MR) is 113 cm³/mol. The zero-order valence-corrected chi connectivity index (χ0v) is 16.8. The molecule has 6 rings (SSSR count). The number of aromatic hydroxyl groups is 1. The van der Waals surface area contributed by atoms with Crippen LogP contribution < -0.4 is 5.32 Å². The molecular formula is C22H23N7O. The number of nitrogens with one attached hydrogen (secondary N) is 1. The third-order valence-corrected chi connectivity index (χ3v) is 6.54. The zero-order valence-electron chi connectivity index (χ0n) is 16.8. The number of phenols is 1. The Labute approximate surface area is 173 Å². The second kappa shape index (κ2) is 6.37. The first-order valence-corrected chi connectivity index (χ1v) is 10.4. The molecule has 1 spiro atoms. The predicted octanol–water partition coefficient (Wildman–Crippen LogP) is 3.15. The number of benzene rings is 1. The molecule has 1 aliphatic carbocycles. The molecule has 2 fully saturated rings.